The van der Waals surface area contributed by atoms with Crippen LogP contribution in [-0.4, -0.2) is 15.8 Å². The summed E-state index contributed by atoms with van der Waals surface area (Å²) in [6.07, 6.45) is 0. The molecule has 25 rings (SSSR count). The van der Waals surface area contributed by atoms with Gasteiger partial charge in [-0.1, -0.05) is 388 Å². The van der Waals surface area contributed by atoms with E-state index in [-0.39, 0.29) is 39.2 Å². The highest BCUT2D eigenvalue weighted by Crippen LogP contribution is 2.60. The van der Waals surface area contributed by atoms with Gasteiger partial charge in [-0.3, -0.25) is 0 Å². The second kappa shape index (κ2) is 30.0. The van der Waals surface area contributed by atoms with E-state index in [4.69, 9.17) is 0 Å². The van der Waals surface area contributed by atoms with E-state index >= 15 is 0 Å². The molecule has 0 atom stereocenters. The summed E-state index contributed by atoms with van der Waals surface area (Å²) in [6.45, 7) is 50.4. The fourth-order valence-electron chi connectivity index (χ4n) is 24.6. The van der Waals surface area contributed by atoms with E-state index in [1.165, 1.54) is 175 Å². The maximum absolute atomic E-state index is 2.83. The maximum Gasteiger partial charge on any atom is 0.252 e. The molecule has 2 aliphatic rings. The van der Waals surface area contributed by atoms with E-state index in [0.29, 0.717) is 0 Å². The SMILES string of the molecule is CC(C)(C)c1cc(-c2ccccc2)c(N2c3cc(-n4c5cc(C(C)(C)C)c6cccc7c8cccc9c(C(C)(C)C)cc4c(c98)c5c67)ccc3B3c4ccc(-n5c6cc(C(C)(C)C)c7cccc8c9cccc%10c(C(C)(C)C)cc5c(c%109)c6c78)cc4N(c4c(-c5ccccc5)cc(C(C)(C)C)cc4-c4cccc(-c5ccccc5)c4)c4cc(C(C)(C)C)cc2c43)c(-c2cccc(-c3ccccc3)c2)c1. The lowest BCUT2D eigenvalue weighted by Gasteiger charge is -2.47. The summed E-state index contributed by atoms with van der Waals surface area (Å²) in [5.41, 5.74) is 38.7. The maximum atomic E-state index is 2.83. The van der Waals surface area contributed by atoms with Gasteiger partial charge >= 0.3 is 0 Å². The lowest BCUT2D eigenvalue weighted by atomic mass is 9.33. The van der Waals surface area contributed by atoms with Crippen LogP contribution >= 0.6 is 0 Å². The fourth-order valence-corrected chi connectivity index (χ4v) is 24.6. The Hall–Kier alpha value is -14.5. The molecule has 139 heavy (non-hydrogen) atoms. The summed E-state index contributed by atoms with van der Waals surface area (Å²) in [4.78, 5) is 5.66. The molecular formula is C134H119BN4. The van der Waals surface area contributed by atoms with E-state index in [9.17, 15) is 0 Å². The van der Waals surface area contributed by atoms with Gasteiger partial charge in [0, 0.05) is 77.9 Å². The van der Waals surface area contributed by atoms with Gasteiger partial charge in [-0.25, -0.2) is 0 Å². The summed E-state index contributed by atoms with van der Waals surface area (Å²) in [5, 5.41) is 21.2. The topological polar surface area (TPSA) is 16.3 Å². The van der Waals surface area contributed by atoms with Gasteiger partial charge in [-0.05, 0) is 299 Å². The highest BCUT2D eigenvalue weighted by molar-refractivity contribution is 7.00. The van der Waals surface area contributed by atoms with Crippen LogP contribution in [0.2, 0.25) is 0 Å². The van der Waals surface area contributed by atoms with Crippen molar-refractivity contribution in [2.45, 2.75) is 183 Å². The molecule has 0 saturated carbocycles. The molecule has 4 nitrogen and oxygen atoms in total. The minimum atomic E-state index is -0.430. The van der Waals surface area contributed by atoms with Crippen molar-refractivity contribution >= 4 is 165 Å². The molecule has 0 spiro atoms. The molecule has 678 valence electrons. The first-order valence-corrected chi connectivity index (χ1v) is 50.3. The van der Waals surface area contributed by atoms with E-state index in [0.717, 1.165) is 101 Å². The second-order valence-corrected chi connectivity index (χ2v) is 47.6. The van der Waals surface area contributed by atoms with Crippen LogP contribution in [0.3, 0.4) is 0 Å². The Bertz CT molecular complexity index is 8250. The quantitative estimate of drug-likeness (QED) is 0.0771. The minimum absolute atomic E-state index is 0.223. The molecule has 0 bridgehead atoms. The zero-order valence-corrected chi connectivity index (χ0v) is 84.2. The normalized spacial score (nSPS) is 13.6. The largest absolute Gasteiger partial charge is 0.310 e. The number of hydrogen-bond donors (Lipinski definition) is 0. The van der Waals surface area contributed by atoms with Gasteiger partial charge in [0.15, 0.2) is 0 Å². The van der Waals surface area contributed by atoms with Crippen molar-refractivity contribution in [2.75, 3.05) is 9.80 Å². The second-order valence-electron chi connectivity index (χ2n) is 47.6. The standard InChI is InChI=1S/C134H119BN4/c1-128(2,3)86-66-99(80-44-30-24-31-45-80)126(101(68-86)84-50-34-48-82(64-84)78-40-26-22-27-41-78)138-109-72-89(136-111-74-103(131(10,11)12)95-56-36-52-91-92-53-37-57-96-104(132(13,14)15)75-112(136)122(118(92)96)121(111)117(91)95)60-62-107(109)135-108-63-61-90(137-113-76-105(133(16,17)18)97-58-38-54-93-94-55-39-59-98-106(134(19,20)21)77-114(137)124(120(94)98)123(113)119(93)97)73-110(108)139(116-71-88(130(7,8)9)70-115(138)125(116)135)127-100(81-46-32-25-33-47-81)67-87(129(4,5)6)69-102(127)85-51-35-49-83(65-85)79-42-28-23-29-43-79/h22-77H,1-21H3. The van der Waals surface area contributed by atoms with E-state index in [1.807, 2.05) is 0 Å². The van der Waals surface area contributed by atoms with E-state index < -0.39 is 5.41 Å². The number of rotatable bonds is 10. The third-order valence-electron chi connectivity index (χ3n) is 31.4. The predicted octanol–water partition coefficient (Wildman–Crippen LogP) is 35.7. The first-order valence-electron chi connectivity index (χ1n) is 50.3. The van der Waals surface area contributed by atoms with Gasteiger partial charge < -0.3 is 18.9 Å². The third kappa shape index (κ3) is 13.1. The molecule has 0 fully saturated rings. The molecule has 2 aromatic heterocycles. The van der Waals surface area contributed by atoms with Gasteiger partial charge in [0.25, 0.3) is 6.71 Å². The Labute approximate surface area is 818 Å². The highest BCUT2D eigenvalue weighted by Gasteiger charge is 2.48. The summed E-state index contributed by atoms with van der Waals surface area (Å²) >= 11 is 0. The lowest BCUT2D eigenvalue weighted by Crippen LogP contribution is -2.61. The summed E-state index contributed by atoms with van der Waals surface area (Å²) in [5.74, 6) is 0. The van der Waals surface area contributed by atoms with Crippen LogP contribution in [0.1, 0.15) is 184 Å². The Morgan fingerprint density at radius 2 is 0.439 bits per heavy atom. The average molecular weight is 1800 g/mol. The van der Waals surface area contributed by atoms with Gasteiger partial charge in [-0.15, -0.1) is 0 Å². The molecular weight excluding hydrogens is 1680 g/mol. The molecule has 0 aliphatic carbocycles. The van der Waals surface area contributed by atoms with Crippen molar-refractivity contribution in [1.82, 2.24) is 9.13 Å². The molecule has 23 aromatic rings. The molecule has 0 N–H and O–H groups in total. The Balaban J connectivity index is 0.886. The molecule has 0 amide bonds. The Morgan fingerprint density at radius 1 is 0.187 bits per heavy atom. The highest BCUT2D eigenvalue weighted by atomic mass is 15.2. The number of anilines is 6. The fraction of sp³-hybridized carbons (Fsp3) is 0.209. The van der Waals surface area contributed by atoms with Crippen molar-refractivity contribution in [3.8, 4) is 78.1 Å². The van der Waals surface area contributed by atoms with Crippen LogP contribution in [0, 0.1) is 0 Å². The van der Waals surface area contributed by atoms with Crippen LogP contribution in [0.15, 0.2) is 340 Å². The number of hydrogen-bond acceptors (Lipinski definition) is 2. The number of aromatic nitrogens is 2. The first kappa shape index (κ1) is 86.1. The predicted molar refractivity (Wildman–Crippen MR) is 602 cm³/mol. The minimum Gasteiger partial charge on any atom is -0.310 e. The van der Waals surface area contributed by atoms with Gasteiger partial charge in [0.2, 0.25) is 0 Å². The number of benzene rings is 21. The summed E-state index contributed by atoms with van der Waals surface area (Å²) in [6, 6.07) is 134. The third-order valence-corrected chi connectivity index (χ3v) is 31.4. The van der Waals surface area contributed by atoms with Crippen LogP contribution in [0.5, 0.6) is 0 Å². The van der Waals surface area contributed by atoms with Crippen molar-refractivity contribution in [1.29, 1.82) is 0 Å². The molecule has 0 saturated heterocycles. The van der Waals surface area contributed by atoms with Crippen molar-refractivity contribution in [3.05, 3.63) is 379 Å². The van der Waals surface area contributed by atoms with Crippen molar-refractivity contribution in [2.24, 2.45) is 0 Å². The molecule has 5 heteroatoms. The Morgan fingerprint density at radius 3 is 0.727 bits per heavy atom. The number of nitrogens with zero attached hydrogens (tertiary/aromatic N) is 4. The average Bonchev–Trinajstić information content (AvgIpc) is 1.18. The van der Waals surface area contributed by atoms with Crippen LogP contribution in [0.25, 0.3) is 186 Å². The zero-order valence-electron chi connectivity index (χ0n) is 84.2. The van der Waals surface area contributed by atoms with E-state index in [2.05, 4.69) is 504 Å². The lowest BCUT2D eigenvalue weighted by molar-refractivity contribution is 0.590. The molecule has 0 unspecified atom stereocenters. The molecule has 0 radical (unpaired) electrons. The summed E-state index contributed by atoms with van der Waals surface area (Å²) in [7, 11) is 0. The smallest absolute Gasteiger partial charge is 0.252 e. The molecule has 4 heterocycles. The number of fused-ring (bicyclic) bond motifs is 6. The van der Waals surface area contributed by atoms with Crippen LogP contribution < -0.4 is 26.2 Å². The van der Waals surface area contributed by atoms with Crippen molar-refractivity contribution in [3.63, 3.8) is 0 Å². The monoisotopic (exact) mass is 1790 g/mol. The van der Waals surface area contributed by atoms with Crippen LogP contribution in [0.4, 0.5) is 34.1 Å². The first-order chi connectivity index (χ1) is 66.4. The van der Waals surface area contributed by atoms with Gasteiger partial charge in [-0.2, -0.15) is 0 Å². The molecule has 21 aromatic carbocycles. The van der Waals surface area contributed by atoms with Gasteiger partial charge in [0.05, 0.1) is 33.4 Å². The van der Waals surface area contributed by atoms with E-state index in [1.54, 1.807) is 0 Å². The van der Waals surface area contributed by atoms with Crippen molar-refractivity contribution < 1.29 is 0 Å². The summed E-state index contributed by atoms with van der Waals surface area (Å²) < 4.78 is 5.45. The van der Waals surface area contributed by atoms with Crippen LogP contribution in [-0.2, 0) is 37.9 Å². The Kier molecular flexibility index (Phi) is 18.6. The molecule has 2 aliphatic heterocycles. The van der Waals surface area contributed by atoms with Gasteiger partial charge in [0.1, 0.15) is 0 Å². The zero-order chi connectivity index (χ0) is 95.9.